The molecular formula is C22H22N2O4S. The van der Waals surface area contributed by atoms with Crippen molar-refractivity contribution in [1.82, 2.24) is 5.32 Å². The van der Waals surface area contributed by atoms with Gasteiger partial charge in [0.2, 0.25) is 0 Å². The summed E-state index contributed by atoms with van der Waals surface area (Å²) >= 11 is 5.24. The summed E-state index contributed by atoms with van der Waals surface area (Å²) in [7, 11) is 1.55. The van der Waals surface area contributed by atoms with E-state index < -0.39 is 11.8 Å². The van der Waals surface area contributed by atoms with Gasteiger partial charge in [-0.25, -0.2) is 0 Å². The smallest absolute Gasteiger partial charge is 0.270 e. The molecule has 0 spiro atoms. The molecule has 1 aliphatic rings. The number of benzene rings is 2. The summed E-state index contributed by atoms with van der Waals surface area (Å²) < 4.78 is 10.8. The second-order valence-corrected chi connectivity index (χ2v) is 6.71. The minimum Gasteiger partial charge on any atom is -0.493 e. The first-order valence-electron chi connectivity index (χ1n) is 9.29. The number of methoxy groups -OCH3 is 1. The van der Waals surface area contributed by atoms with Crippen LogP contribution in [0, 0.1) is 0 Å². The number of hydrogen-bond acceptors (Lipinski definition) is 5. The van der Waals surface area contributed by atoms with E-state index in [0.29, 0.717) is 29.4 Å². The lowest BCUT2D eigenvalue weighted by atomic mass is 10.1. The number of nitrogens with one attached hydrogen (secondary N) is 1. The number of nitrogens with zero attached hydrogens (tertiary/aromatic N) is 1. The molecule has 0 bridgehead atoms. The largest absolute Gasteiger partial charge is 0.493 e. The zero-order valence-corrected chi connectivity index (χ0v) is 17.3. The third-order valence-corrected chi connectivity index (χ3v) is 4.79. The average molecular weight is 410 g/mol. The number of rotatable bonds is 6. The van der Waals surface area contributed by atoms with Crippen LogP contribution in [0.5, 0.6) is 11.5 Å². The normalized spacial score (nSPS) is 15.5. The molecule has 2 aromatic carbocycles. The lowest BCUT2D eigenvalue weighted by Gasteiger charge is -2.29. The van der Waals surface area contributed by atoms with Gasteiger partial charge >= 0.3 is 0 Å². The maximum atomic E-state index is 13.1. The Bertz CT molecular complexity index is 983. The summed E-state index contributed by atoms with van der Waals surface area (Å²) in [5.74, 6) is 0.106. The van der Waals surface area contributed by atoms with Gasteiger partial charge in [0.25, 0.3) is 11.8 Å². The molecule has 29 heavy (non-hydrogen) atoms. The summed E-state index contributed by atoms with van der Waals surface area (Å²) in [6.07, 6.45) is 2.41. The minimum absolute atomic E-state index is 0.00853. The number of carbonyl (C=O) groups excluding carboxylic acids is 2. The number of aryl methyl sites for hydroxylation is 1. The van der Waals surface area contributed by atoms with Gasteiger partial charge < -0.3 is 9.47 Å². The Hall–Kier alpha value is -3.19. The lowest BCUT2D eigenvalue weighted by molar-refractivity contribution is -0.122. The first-order valence-corrected chi connectivity index (χ1v) is 9.70. The molecular weight excluding hydrogens is 388 g/mol. The molecule has 1 saturated heterocycles. The Balaban J connectivity index is 1.97. The summed E-state index contributed by atoms with van der Waals surface area (Å²) in [6, 6.07) is 12.7. The van der Waals surface area contributed by atoms with Gasteiger partial charge in [-0.05, 0) is 67.0 Å². The van der Waals surface area contributed by atoms with E-state index in [2.05, 4.69) is 12.2 Å². The molecule has 0 saturated carbocycles. The number of hydrogen-bond donors (Lipinski definition) is 1. The number of thiocarbonyl (C=S) groups is 1. The van der Waals surface area contributed by atoms with Crippen LogP contribution in [0.2, 0.25) is 0 Å². The molecule has 1 heterocycles. The lowest BCUT2D eigenvalue weighted by Crippen LogP contribution is -2.54. The molecule has 2 aromatic rings. The van der Waals surface area contributed by atoms with E-state index >= 15 is 0 Å². The Kier molecular flexibility index (Phi) is 6.29. The van der Waals surface area contributed by atoms with Crippen molar-refractivity contribution in [3.8, 4) is 11.5 Å². The Morgan fingerprint density at radius 2 is 1.79 bits per heavy atom. The van der Waals surface area contributed by atoms with Gasteiger partial charge in [-0.1, -0.05) is 25.1 Å². The molecule has 3 rings (SSSR count). The molecule has 7 heteroatoms. The van der Waals surface area contributed by atoms with E-state index in [1.807, 2.05) is 31.2 Å². The van der Waals surface area contributed by atoms with Crippen molar-refractivity contribution in [2.75, 3.05) is 18.6 Å². The molecule has 0 aliphatic carbocycles. The van der Waals surface area contributed by atoms with Crippen LogP contribution in [-0.2, 0) is 16.0 Å². The summed E-state index contributed by atoms with van der Waals surface area (Å²) in [6.45, 7) is 4.38. The fraction of sp³-hybridized carbons (Fsp3) is 0.227. The van der Waals surface area contributed by atoms with Crippen LogP contribution in [0.4, 0.5) is 5.69 Å². The van der Waals surface area contributed by atoms with Crippen LogP contribution in [0.25, 0.3) is 6.08 Å². The van der Waals surface area contributed by atoms with Crippen molar-refractivity contribution in [2.24, 2.45) is 0 Å². The van der Waals surface area contributed by atoms with Crippen molar-refractivity contribution in [3.63, 3.8) is 0 Å². The number of ether oxygens (including phenoxy) is 2. The molecule has 0 radical (unpaired) electrons. The second kappa shape index (κ2) is 8.87. The van der Waals surface area contributed by atoms with E-state index in [-0.39, 0.29) is 10.7 Å². The zero-order valence-electron chi connectivity index (χ0n) is 16.5. The monoisotopic (exact) mass is 410 g/mol. The number of anilines is 1. The van der Waals surface area contributed by atoms with Crippen LogP contribution in [0.3, 0.4) is 0 Å². The average Bonchev–Trinajstić information content (AvgIpc) is 2.72. The maximum Gasteiger partial charge on any atom is 0.270 e. The highest BCUT2D eigenvalue weighted by Crippen LogP contribution is 2.30. The topological polar surface area (TPSA) is 67.9 Å². The van der Waals surface area contributed by atoms with E-state index in [0.717, 1.165) is 12.0 Å². The Labute approximate surface area is 175 Å². The van der Waals surface area contributed by atoms with Crippen LogP contribution < -0.4 is 19.7 Å². The van der Waals surface area contributed by atoms with Gasteiger partial charge in [0.15, 0.2) is 16.6 Å². The first-order chi connectivity index (χ1) is 14.0. The molecule has 0 atom stereocenters. The van der Waals surface area contributed by atoms with Gasteiger partial charge in [0, 0.05) is 0 Å². The fourth-order valence-electron chi connectivity index (χ4n) is 2.99. The van der Waals surface area contributed by atoms with Gasteiger partial charge in [0.05, 0.1) is 19.4 Å². The SMILES string of the molecule is CCOc1cc(C=C2C(=O)NC(=S)N(c3ccc(CC)cc3)C2=O)ccc1OC. The van der Waals surface area contributed by atoms with E-state index in [1.54, 1.807) is 25.3 Å². The third-order valence-electron chi connectivity index (χ3n) is 4.50. The second-order valence-electron chi connectivity index (χ2n) is 6.32. The van der Waals surface area contributed by atoms with E-state index in [9.17, 15) is 9.59 Å². The van der Waals surface area contributed by atoms with Crippen LogP contribution in [0.1, 0.15) is 25.0 Å². The molecule has 1 fully saturated rings. The van der Waals surface area contributed by atoms with E-state index in [1.165, 1.54) is 11.0 Å². The van der Waals surface area contributed by atoms with Crippen LogP contribution >= 0.6 is 12.2 Å². The highest BCUT2D eigenvalue weighted by Gasteiger charge is 2.34. The molecule has 150 valence electrons. The van der Waals surface area contributed by atoms with Crippen LogP contribution in [-0.4, -0.2) is 30.6 Å². The van der Waals surface area contributed by atoms with Crippen molar-refractivity contribution in [3.05, 3.63) is 59.2 Å². The van der Waals surface area contributed by atoms with Gasteiger partial charge in [0.1, 0.15) is 5.57 Å². The van der Waals surface area contributed by atoms with Crippen molar-refractivity contribution in [1.29, 1.82) is 0 Å². The highest BCUT2D eigenvalue weighted by molar-refractivity contribution is 7.80. The summed E-state index contributed by atoms with van der Waals surface area (Å²) in [4.78, 5) is 26.9. The third kappa shape index (κ3) is 4.30. The molecule has 6 nitrogen and oxygen atoms in total. The minimum atomic E-state index is -0.532. The fourth-order valence-corrected chi connectivity index (χ4v) is 3.27. The van der Waals surface area contributed by atoms with Gasteiger partial charge in [-0.15, -0.1) is 0 Å². The van der Waals surface area contributed by atoms with Crippen molar-refractivity contribution in [2.45, 2.75) is 20.3 Å². The maximum absolute atomic E-state index is 13.1. The number of amides is 2. The quantitative estimate of drug-likeness (QED) is 0.449. The molecule has 1 aliphatic heterocycles. The Morgan fingerprint density at radius 3 is 2.41 bits per heavy atom. The molecule has 2 amide bonds. The number of carbonyl (C=O) groups is 2. The van der Waals surface area contributed by atoms with E-state index in [4.69, 9.17) is 21.7 Å². The zero-order chi connectivity index (χ0) is 21.0. The predicted molar refractivity (Wildman–Crippen MR) is 116 cm³/mol. The van der Waals surface area contributed by atoms with Crippen molar-refractivity contribution < 1.29 is 19.1 Å². The van der Waals surface area contributed by atoms with Crippen molar-refractivity contribution >= 4 is 40.9 Å². The van der Waals surface area contributed by atoms with Crippen LogP contribution in [0.15, 0.2) is 48.0 Å². The first kappa shape index (κ1) is 20.5. The predicted octanol–water partition coefficient (Wildman–Crippen LogP) is 3.49. The highest BCUT2D eigenvalue weighted by atomic mass is 32.1. The molecule has 0 aromatic heterocycles. The summed E-state index contributed by atoms with van der Waals surface area (Å²) in [5.41, 5.74) is 2.38. The Morgan fingerprint density at radius 1 is 1.07 bits per heavy atom. The van der Waals surface area contributed by atoms with Gasteiger partial charge in [-0.2, -0.15) is 0 Å². The van der Waals surface area contributed by atoms with Gasteiger partial charge in [-0.3, -0.25) is 19.8 Å². The molecule has 0 unspecified atom stereocenters. The standard InChI is InChI=1S/C22H22N2O4S/c1-4-14-6-9-16(10-7-14)24-21(26)17(20(25)23-22(24)29)12-15-8-11-18(27-3)19(13-15)28-5-2/h6-13H,4-5H2,1-3H3,(H,23,25,29). The summed E-state index contributed by atoms with van der Waals surface area (Å²) in [5, 5.41) is 2.65. The molecule has 1 N–H and O–H groups in total.